The second-order valence-electron chi connectivity index (χ2n) is 8.78. The van der Waals surface area contributed by atoms with E-state index in [2.05, 4.69) is 9.71 Å². The van der Waals surface area contributed by atoms with E-state index in [0.717, 1.165) is 23.3 Å². The molecule has 3 aromatic rings. The quantitative estimate of drug-likeness (QED) is 0.227. The maximum atomic E-state index is 13.1. The van der Waals surface area contributed by atoms with Gasteiger partial charge in [0.1, 0.15) is 0 Å². The first-order chi connectivity index (χ1) is 18.6. The van der Waals surface area contributed by atoms with Crippen LogP contribution < -0.4 is 4.72 Å². The Balaban J connectivity index is 1.70. The molecule has 0 aliphatic carbocycles. The average Bonchev–Trinajstić information content (AvgIpc) is 2.93. The number of benzene rings is 3. The highest BCUT2D eigenvalue weighted by Gasteiger charge is 2.32. The van der Waals surface area contributed by atoms with Gasteiger partial charge in [0.15, 0.2) is 0 Å². The van der Waals surface area contributed by atoms with E-state index in [1.54, 1.807) is 12.1 Å². The third kappa shape index (κ3) is 7.17. The number of aliphatic hydroxyl groups is 1. The minimum atomic E-state index is -4.59. The molecule has 1 aliphatic heterocycles. The van der Waals surface area contributed by atoms with E-state index in [1.807, 2.05) is 42.5 Å². The molecule has 1 heterocycles. The Morgan fingerprint density at radius 2 is 1.72 bits per heavy atom. The van der Waals surface area contributed by atoms with Gasteiger partial charge in [-0.1, -0.05) is 54.1 Å². The van der Waals surface area contributed by atoms with Crippen LogP contribution in [0.1, 0.15) is 35.4 Å². The number of hydrogen-bond donors (Lipinski definition) is 2. The molecule has 4 rings (SSSR count). The summed E-state index contributed by atoms with van der Waals surface area (Å²) in [5, 5.41) is 16.0. The molecule has 3 aromatic carbocycles. The molecule has 0 bridgehead atoms. The second kappa shape index (κ2) is 12.2. The SMILES string of the molecule is O=S(=O)(NC(=NCCCO)N1CCC(c2ccccc2)C(c2ccc(Cl)cc2)=N1)c1ccc(C(F)(F)F)cc1. The van der Waals surface area contributed by atoms with Gasteiger partial charge in [-0.3, -0.25) is 4.99 Å². The molecule has 12 heteroatoms. The van der Waals surface area contributed by atoms with Gasteiger partial charge in [0, 0.05) is 30.6 Å². The van der Waals surface area contributed by atoms with Crippen LogP contribution in [0.5, 0.6) is 0 Å². The van der Waals surface area contributed by atoms with Crippen LogP contribution in [-0.2, 0) is 16.2 Å². The van der Waals surface area contributed by atoms with Crippen LogP contribution in [0.4, 0.5) is 13.2 Å². The summed E-state index contributed by atoms with van der Waals surface area (Å²) < 4.78 is 67.6. The zero-order valence-electron chi connectivity index (χ0n) is 20.6. The van der Waals surface area contributed by atoms with Crippen molar-refractivity contribution in [1.82, 2.24) is 9.73 Å². The van der Waals surface area contributed by atoms with Crippen molar-refractivity contribution in [3.63, 3.8) is 0 Å². The molecule has 0 amide bonds. The number of alkyl halides is 3. The van der Waals surface area contributed by atoms with Crippen LogP contribution in [0.2, 0.25) is 5.02 Å². The Kier molecular flexibility index (Phi) is 8.94. The zero-order chi connectivity index (χ0) is 28.0. The van der Waals surface area contributed by atoms with Crippen LogP contribution in [0.3, 0.4) is 0 Å². The third-order valence-electron chi connectivity index (χ3n) is 6.07. The van der Waals surface area contributed by atoms with E-state index in [-0.39, 0.29) is 36.3 Å². The van der Waals surface area contributed by atoms with Crippen molar-refractivity contribution < 1.29 is 26.7 Å². The molecule has 0 saturated carbocycles. The van der Waals surface area contributed by atoms with Crippen molar-refractivity contribution in [2.45, 2.75) is 29.8 Å². The summed E-state index contributed by atoms with van der Waals surface area (Å²) >= 11 is 6.09. The van der Waals surface area contributed by atoms with Crippen LogP contribution >= 0.6 is 11.6 Å². The number of aliphatic hydroxyl groups excluding tert-OH is 1. The Morgan fingerprint density at radius 3 is 2.33 bits per heavy atom. The normalized spacial score (nSPS) is 16.6. The van der Waals surface area contributed by atoms with Gasteiger partial charge >= 0.3 is 6.18 Å². The zero-order valence-corrected chi connectivity index (χ0v) is 22.2. The van der Waals surface area contributed by atoms with Gasteiger partial charge in [-0.25, -0.2) is 18.1 Å². The average molecular weight is 579 g/mol. The molecule has 0 spiro atoms. The second-order valence-corrected chi connectivity index (χ2v) is 10.9. The molecule has 7 nitrogen and oxygen atoms in total. The molecule has 39 heavy (non-hydrogen) atoms. The van der Waals surface area contributed by atoms with E-state index < -0.39 is 21.8 Å². The van der Waals surface area contributed by atoms with E-state index in [0.29, 0.717) is 35.8 Å². The lowest BCUT2D eigenvalue weighted by Gasteiger charge is -2.32. The van der Waals surface area contributed by atoms with Crippen molar-refractivity contribution in [3.05, 3.63) is 101 Å². The molecule has 0 aromatic heterocycles. The topological polar surface area (TPSA) is 94.4 Å². The van der Waals surface area contributed by atoms with E-state index in [9.17, 15) is 26.7 Å². The Labute approximate surface area is 229 Å². The van der Waals surface area contributed by atoms with Gasteiger partial charge in [0.2, 0.25) is 5.96 Å². The molecular weight excluding hydrogens is 553 g/mol. The van der Waals surface area contributed by atoms with Crippen LogP contribution in [0.15, 0.2) is 93.9 Å². The summed E-state index contributed by atoms with van der Waals surface area (Å²) in [5.74, 6) is -0.185. The van der Waals surface area contributed by atoms with Crippen molar-refractivity contribution in [2.24, 2.45) is 10.1 Å². The molecular formula is C27H26ClF3N4O3S. The number of halogens is 4. The molecule has 0 fully saturated rings. The molecule has 1 atom stereocenters. The fraction of sp³-hybridized carbons (Fsp3) is 0.259. The van der Waals surface area contributed by atoms with Gasteiger partial charge in [0.05, 0.1) is 16.2 Å². The Morgan fingerprint density at radius 1 is 1.05 bits per heavy atom. The first kappa shape index (κ1) is 28.6. The van der Waals surface area contributed by atoms with Gasteiger partial charge < -0.3 is 5.11 Å². The Bertz CT molecular complexity index is 1430. The minimum Gasteiger partial charge on any atom is -0.396 e. The predicted molar refractivity (Wildman–Crippen MR) is 144 cm³/mol. The summed E-state index contributed by atoms with van der Waals surface area (Å²) in [4.78, 5) is 3.97. The smallest absolute Gasteiger partial charge is 0.396 e. The fourth-order valence-electron chi connectivity index (χ4n) is 4.10. The monoisotopic (exact) mass is 578 g/mol. The minimum absolute atomic E-state index is 0.0890. The highest BCUT2D eigenvalue weighted by molar-refractivity contribution is 7.90. The Hall–Kier alpha value is -3.41. The maximum absolute atomic E-state index is 13.1. The molecule has 1 aliphatic rings. The van der Waals surface area contributed by atoms with Gasteiger partial charge in [-0.2, -0.15) is 18.3 Å². The van der Waals surface area contributed by atoms with Crippen molar-refractivity contribution in [2.75, 3.05) is 19.7 Å². The number of nitrogens with one attached hydrogen (secondary N) is 1. The van der Waals surface area contributed by atoms with E-state index in [1.165, 1.54) is 5.01 Å². The number of hydrazone groups is 1. The van der Waals surface area contributed by atoms with Crippen molar-refractivity contribution in [3.8, 4) is 0 Å². The van der Waals surface area contributed by atoms with Gasteiger partial charge in [-0.05, 0) is 60.4 Å². The number of guanidine groups is 1. The van der Waals surface area contributed by atoms with Crippen LogP contribution in [0.25, 0.3) is 0 Å². The lowest BCUT2D eigenvalue weighted by atomic mass is 9.86. The number of nitrogens with zero attached hydrogens (tertiary/aromatic N) is 3. The standard InChI is InChI=1S/C27H26ClF3N4O3S/c28-22-11-7-20(8-12-22)25-24(19-5-2-1-3-6-19)15-17-35(33-25)26(32-16-4-18-36)34-39(37,38)23-13-9-21(10-14-23)27(29,30)31/h1-3,5-14,24,36H,4,15-18H2,(H,32,34). The fourth-order valence-corrected chi connectivity index (χ4v) is 5.25. The summed E-state index contributed by atoms with van der Waals surface area (Å²) in [6, 6.07) is 20.1. The number of aliphatic imine (C=N–C) groups is 1. The summed E-state index contributed by atoms with van der Waals surface area (Å²) in [6.45, 7) is 0.258. The first-order valence-electron chi connectivity index (χ1n) is 12.1. The predicted octanol–water partition coefficient (Wildman–Crippen LogP) is 5.27. The molecule has 0 radical (unpaired) electrons. The van der Waals surface area contributed by atoms with E-state index >= 15 is 0 Å². The highest BCUT2D eigenvalue weighted by atomic mass is 35.5. The summed E-state index contributed by atoms with van der Waals surface area (Å²) in [6.07, 6.45) is -3.74. The maximum Gasteiger partial charge on any atom is 0.416 e. The van der Waals surface area contributed by atoms with Crippen LogP contribution in [-0.4, -0.2) is 49.9 Å². The molecule has 0 saturated heterocycles. The van der Waals surface area contributed by atoms with Gasteiger partial charge in [0.25, 0.3) is 10.0 Å². The largest absolute Gasteiger partial charge is 0.416 e. The number of hydrogen-bond acceptors (Lipinski definition) is 5. The lowest BCUT2D eigenvalue weighted by Crippen LogP contribution is -2.45. The van der Waals surface area contributed by atoms with Crippen LogP contribution in [0, 0.1) is 0 Å². The van der Waals surface area contributed by atoms with Crippen molar-refractivity contribution >= 4 is 33.3 Å². The van der Waals surface area contributed by atoms with E-state index in [4.69, 9.17) is 16.7 Å². The number of rotatable bonds is 7. The highest BCUT2D eigenvalue weighted by Crippen LogP contribution is 2.31. The summed E-state index contributed by atoms with van der Waals surface area (Å²) in [5.41, 5.74) is 1.54. The van der Waals surface area contributed by atoms with Gasteiger partial charge in [-0.15, -0.1) is 0 Å². The molecule has 2 N–H and O–H groups in total. The first-order valence-corrected chi connectivity index (χ1v) is 14.0. The molecule has 1 unspecified atom stereocenters. The van der Waals surface area contributed by atoms with Crippen molar-refractivity contribution in [1.29, 1.82) is 0 Å². The molecule has 206 valence electrons. The summed E-state index contributed by atoms with van der Waals surface area (Å²) in [7, 11) is -4.30. The lowest BCUT2D eigenvalue weighted by molar-refractivity contribution is -0.137. The third-order valence-corrected chi connectivity index (χ3v) is 7.67. The number of sulfonamides is 1.